The second kappa shape index (κ2) is 3.79. The Kier molecular flexibility index (Phi) is 2.11. The lowest BCUT2D eigenvalue weighted by molar-refractivity contribution is -0.224. The number of benzene rings is 3. The molecule has 0 aromatic heterocycles. The van der Waals surface area contributed by atoms with Crippen LogP contribution in [0.5, 0.6) is 5.75 Å². The monoisotopic (exact) mass is 304 g/mol. The minimum atomic E-state index is -2.12. The first-order chi connectivity index (χ1) is 11.1. The van der Waals surface area contributed by atoms with Gasteiger partial charge in [-0.3, -0.25) is 4.79 Å². The molecule has 1 aliphatic heterocycles. The van der Waals surface area contributed by atoms with Crippen LogP contribution in [0.4, 0.5) is 0 Å². The molecular weight excluding hydrogens is 292 g/mol. The number of hydrogen-bond acceptors (Lipinski definition) is 4. The third-order valence-corrected chi connectivity index (χ3v) is 4.87. The average Bonchev–Trinajstić information content (AvgIpc) is 2.92. The van der Waals surface area contributed by atoms with Crippen molar-refractivity contribution in [2.24, 2.45) is 0 Å². The van der Waals surface area contributed by atoms with Gasteiger partial charge >= 0.3 is 0 Å². The van der Waals surface area contributed by atoms with Gasteiger partial charge in [0.05, 0.1) is 0 Å². The molecule has 23 heavy (non-hydrogen) atoms. The molecule has 1 heterocycles. The second-order valence-corrected chi connectivity index (χ2v) is 5.99. The third-order valence-electron chi connectivity index (χ3n) is 4.87. The molecule has 2 aliphatic rings. The van der Waals surface area contributed by atoms with Crippen LogP contribution in [0.3, 0.4) is 0 Å². The van der Waals surface area contributed by atoms with Crippen LogP contribution >= 0.6 is 0 Å². The normalized spacial score (nSPS) is 27.5. The van der Waals surface area contributed by atoms with Crippen LogP contribution in [0.25, 0.3) is 10.8 Å². The maximum atomic E-state index is 12.8. The molecule has 1 aliphatic carbocycles. The Morgan fingerprint density at radius 3 is 2.43 bits per heavy atom. The summed E-state index contributed by atoms with van der Waals surface area (Å²) in [6, 6.07) is 17.6. The Morgan fingerprint density at radius 1 is 0.826 bits per heavy atom. The van der Waals surface area contributed by atoms with Crippen molar-refractivity contribution >= 4 is 16.6 Å². The molecule has 0 spiro atoms. The van der Waals surface area contributed by atoms with E-state index in [0.29, 0.717) is 16.9 Å². The lowest BCUT2D eigenvalue weighted by Gasteiger charge is -2.28. The molecule has 4 heteroatoms. The zero-order valence-electron chi connectivity index (χ0n) is 12.0. The summed E-state index contributed by atoms with van der Waals surface area (Å²) in [5, 5.41) is 23.9. The molecule has 0 saturated heterocycles. The highest BCUT2D eigenvalue weighted by atomic mass is 16.7. The van der Waals surface area contributed by atoms with Crippen molar-refractivity contribution in [3.63, 3.8) is 0 Å². The maximum Gasteiger partial charge on any atom is 0.276 e. The largest absolute Gasteiger partial charge is 0.453 e. The van der Waals surface area contributed by atoms with Crippen molar-refractivity contribution in [1.82, 2.24) is 0 Å². The Morgan fingerprint density at radius 2 is 1.57 bits per heavy atom. The summed E-state index contributed by atoms with van der Waals surface area (Å²) in [5.41, 5.74) is -1.22. The van der Waals surface area contributed by atoms with E-state index < -0.39 is 17.2 Å². The highest BCUT2D eigenvalue weighted by molar-refractivity contribution is 6.10. The van der Waals surface area contributed by atoms with E-state index >= 15 is 0 Å². The first-order valence-corrected chi connectivity index (χ1v) is 7.37. The fraction of sp³-hybridized carbons (Fsp3) is 0.105. The number of aliphatic hydroxyl groups is 2. The summed E-state index contributed by atoms with van der Waals surface area (Å²) in [6.07, 6.45) is 0. The highest BCUT2D eigenvalue weighted by Crippen LogP contribution is 2.59. The molecule has 112 valence electrons. The van der Waals surface area contributed by atoms with Gasteiger partial charge in [0, 0.05) is 22.1 Å². The zero-order valence-corrected chi connectivity index (χ0v) is 12.0. The molecule has 0 fully saturated rings. The van der Waals surface area contributed by atoms with Gasteiger partial charge in [0.1, 0.15) is 5.75 Å². The molecule has 3 aromatic rings. The Labute approximate surface area is 131 Å². The molecule has 0 amide bonds. The molecule has 2 N–H and O–H groups in total. The lowest BCUT2D eigenvalue weighted by Crippen LogP contribution is -2.48. The number of Topliss-reactive ketones (excluding diaryl/α,β-unsaturated/α-hetero) is 1. The van der Waals surface area contributed by atoms with Crippen LogP contribution in [0, 0.1) is 0 Å². The summed E-state index contributed by atoms with van der Waals surface area (Å²) in [7, 11) is 0. The van der Waals surface area contributed by atoms with Crippen LogP contribution in [-0.2, 0) is 11.4 Å². The first-order valence-electron chi connectivity index (χ1n) is 7.37. The van der Waals surface area contributed by atoms with E-state index in [-0.39, 0.29) is 5.56 Å². The van der Waals surface area contributed by atoms with Gasteiger partial charge in [-0.05, 0) is 5.39 Å². The summed E-state index contributed by atoms with van der Waals surface area (Å²) >= 11 is 0. The molecule has 4 nitrogen and oxygen atoms in total. The van der Waals surface area contributed by atoms with E-state index in [1.54, 1.807) is 30.3 Å². The van der Waals surface area contributed by atoms with Gasteiger partial charge < -0.3 is 14.9 Å². The third kappa shape index (κ3) is 1.24. The fourth-order valence-corrected chi connectivity index (χ4v) is 3.74. The van der Waals surface area contributed by atoms with E-state index in [1.807, 2.05) is 30.3 Å². The number of ketones is 1. The quantitative estimate of drug-likeness (QED) is 0.669. The van der Waals surface area contributed by atoms with E-state index in [4.69, 9.17) is 4.74 Å². The van der Waals surface area contributed by atoms with Gasteiger partial charge in [-0.2, -0.15) is 0 Å². The number of fused-ring (bicyclic) bond motifs is 7. The topological polar surface area (TPSA) is 66.8 Å². The van der Waals surface area contributed by atoms with Gasteiger partial charge in [-0.25, -0.2) is 0 Å². The minimum Gasteiger partial charge on any atom is -0.453 e. The Bertz CT molecular complexity index is 1010. The van der Waals surface area contributed by atoms with E-state index in [1.165, 1.54) is 0 Å². The van der Waals surface area contributed by atoms with Crippen LogP contribution < -0.4 is 4.74 Å². The molecule has 2 atom stereocenters. The van der Waals surface area contributed by atoms with Crippen molar-refractivity contribution in [1.29, 1.82) is 0 Å². The molecular formula is C19H12O4. The van der Waals surface area contributed by atoms with Crippen molar-refractivity contribution in [2.45, 2.75) is 11.4 Å². The number of hydrogen-bond donors (Lipinski definition) is 2. The number of rotatable bonds is 0. The molecule has 0 bridgehead atoms. The van der Waals surface area contributed by atoms with Gasteiger partial charge in [-0.1, -0.05) is 60.7 Å². The average molecular weight is 304 g/mol. The van der Waals surface area contributed by atoms with Gasteiger partial charge in [-0.15, -0.1) is 0 Å². The maximum absolute atomic E-state index is 12.8. The van der Waals surface area contributed by atoms with Crippen molar-refractivity contribution in [2.75, 3.05) is 0 Å². The van der Waals surface area contributed by atoms with E-state index in [9.17, 15) is 15.0 Å². The molecule has 3 aromatic carbocycles. The predicted octanol–water partition coefficient (Wildman–Crippen LogP) is 2.46. The first kappa shape index (κ1) is 12.8. The van der Waals surface area contributed by atoms with Gasteiger partial charge in [0.25, 0.3) is 5.79 Å². The number of carbonyl (C=O) groups excluding carboxylic acids is 1. The van der Waals surface area contributed by atoms with Crippen molar-refractivity contribution < 1.29 is 19.7 Å². The minimum absolute atomic E-state index is 0.288. The molecule has 5 rings (SSSR count). The summed E-state index contributed by atoms with van der Waals surface area (Å²) in [4.78, 5) is 12.8. The zero-order chi connectivity index (χ0) is 15.8. The lowest BCUT2D eigenvalue weighted by atomic mass is 9.86. The molecule has 0 saturated carbocycles. The summed E-state index contributed by atoms with van der Waals surface area (Å²) in [5.74, 6) is -2.27. The van der Waals surface area contributed by atoms with Crippen LogP contribution in [0.15, 0.2) is 60.7 Å². The fourth-order valence-electron chi connectivity index (χ4n) is 3.74. The molecule has 0 radical (unpaired) electrons. The standard InChI is InChI=1S/C19H12O4/c20-17-13-7-3-4-8-14(13)19(22)18(17,21)15-10-9-11-5-1-2-6-12(11)16(15)23-19/h1-10,21-22H/t18-,19-/m1/s1. The van der Waals surface area contributed by atoms with Crippen LogP contribution in [0.1, 0.15) is 21.5 Å². The van der Waals surface area contributed by atoms with Gasteiger partial charge in [0.2, 0.25) is 11.4 Å². The Balaban J connectivity index is 1.88. The molecule has 0 unspecified atom stereocenters. The van der Waals surface area contributed by atoms with Gasteiger partial charge in [0.15, 0.2) is 0 Å². The summed E-state index contributed by atoms with van der Waals surface area (Å²) in [6.45, 7) is 0. The van der Waals surface area contributed by atoms with Crippen LogP contribution in [-0.4, -0.2) is 16.0 Å². The SMILES string of the molecule is O=C1c2ccccc2[C@@]2(O)Oc3c(ccc4ccccc34)[C@@]12O. The Hall–Kier alpha value is -2.69. The van der Waals surface area contributed by atoms with Crippen molar-refractivity contribution in [3.05, 3.63) is 77.4 Å². The predicted molar refractivity (Wildman–Crippen MR) is 83.1 cm³/mol. The highest BCUT2D eigenvalue weighted by Gasteiger charge is 2.70. The number of ether oxygens (including phenoxy) is 1. The number of carbonyl (C=O) groups is 1. The second-order valence-electron chi connectivity index (χ2n) is 5.99. The van der Waals surface area contributed by atoms with Crippen LogP contribution in [0.2, 0.25) is 0 Å². The van der Waals surface area contributed by atoms with Crippen molar-refractivity contribution in [3.8, 4) is 5.75 Å². The van der Waals surface area contributed by atoms with E-state index in [2.05, 4.69) is 0 Å². The van der Waals surface area contributed by atoms with E-state index in [0.717, 1.165) is 10.8 Å². The smallest absolute Gasteiger partial charge is 0.276 e. The summed E-state index contributed by atoms with van der Waals surface area (Å²) < 4.78 is 5.82.